The van der Waals surface area contributed by atoms with Crippen LogP contribution in [0.3, 0.4) is 0 Å². The van der Waals surface area contributed by atoms with Crippen molar-refractivity contribution in [2.45, 2.75) is 32.7 Å². The van der Waals surface area contributed by atoms with Gasteiger partial charge in [-0.15, -0.1) is 0 Å². The predicted octanol–water partition coefficient (Wildman–Crippen LogP) is 2.43. The molecular weight excluding hydrogens is 326 g/mol. The lowest BCUT2D eigenvalue weighted by atomic mass is 9.92. The summed E-state index contributed by atoms with van der Waals surface area (Å²) in [6.45, 7) is 7.38. The van der Waals surface area contributed by atoms with Crippen molar-refractivity contribution in [3.05, 3.63) is 18.6 Å². The van der Waals surface area contributed by atoms with E-state index in [1.807, 2.05) is 6.20 Å². The Labute approximate surface area is 156 Å². The Hall–Kier alpha value is -2.31. The van der Waals surface area contributed by atoms with Crippen molar-refractivity contribution in [2.24, 2.45) is 10.9 Å². The third kappa shape index (κ3) is 3.61. The van der Waals surface area contributed by atoms with E-state index in [0.717, 1.165) is 55.3 Å². The largest absolute Gasteiger partial charge is 0.354 e. The van der Waals surface area contributed by atoms with E-state index >= 15 is 0 Å². The number of nitrogens with one attached hydrogen (secondary N) is 1. The standard InChI is InChI=1S/C19H31N7/c1-6-9-21-19(24(3)4)26-11-8-14(2)16(12-26)25(5)18-15-7-10-20-17(15)22-13-23-18/h7,10,13-14,16H,6,8-9,11-12H2,1-5H3,(H,20,22,23). The van der Waals surface area contributed by atoms with E-state index in [-0.39, 0.29) is 0 Å². The molecule has 1 aliphatic heterocycles. The first-order valence-corrected chi connectivity index (χ1v) is 9.50. The maximum absolute atomic E-state index is 4.82. The number of piperidine rings is 1. The molecule has 2 unspecified atom stereocenters. The molecule has 0 saturated carbocycles. The lowest BCUT2D eigenvalue weighted by Crippen LogP contribution is -2.55. The second-order valence-corrected chi connectivity index (χ2v) is 7.40. The lowest BCUT2D eigenvalue weighted by molar-refractivity contribution is 0.223. The molecule has 0 bridgehead atoms. The lowest BCUT2D eigenvalue weighted by Gasteiger charge is -2.44. The molecule has 0 spiro atoms. The van der Waals surface area contributed by atoms with Gasteiger partial charge in [0.05, 0.1) is 11.4 Å². The first kappa shape index (κ1) is 18.5. The summed E-state index contributed by atoms with van der Waals surface area (Å²) in [7, 11) is 6.32. The van der Waals surface area contributed by atoms with E-state index in [1.165, 1.54) is 0 Å². The van der Waals surface area contributed by atoms with Gasteiger partial charge in [0.25, 0.3) is 0 Å². The Morgan fingerprint density at radius 1 is 1.35 bits per heavy atom. The van der Waals surface area contributed by atoms with Crippen LogP contribution in [0.1, 0.15) is 26.7 Å². The smallest absolute Gasteiger partial charge is 0.196 e. The molecule has 2 atom stereocenters. The van der Waals surface area contributed by atoms with Crippen LogP contribution in [0.5, 0.6) is 0 Å². The monoisotopic (exact) mass is 357 g/mol. The second-order valence-electron chi connectivity index (χ2n) is 7.40. The average molecular weight is 358 g/mol. The zero-order valence-corrected chi connectivity index (χ0v) is 16.6. The summed E-state index contributed by atoms with van der Waals surface area (Å²) in [5.74, 6) is 2.67. The van der Waals surface area contributed by atoms with Gasteiger partial charge in [-0.25, -0.2) is 9.97 Å². The number of likely N-dealkylation sites (N-methyl/N-ethyl adjacent to an activating group) is 1. The molecule has 3 heterocycles. The number of aromatic amines is 1. The minimum absolute atomic E-state index is 0.378. The van der Waals surface area contributed by atoms with Gasteiger partial charge in [-0.2, -0.15) is 0 Å². The van der Waals surface area contributed by atoms with Gasteiger partial charge in [0, 0.05) is 47.0 Å². The van der Waals surface area contributed by atoms with E-state index in [2.05, 4.69) is 70.7 Å². The van der Waals surface area contributed by atoms with Gasteiger partial charge in [-0.3, -0.25) is 4.99 Å². The normalized spacial score (nSPS) is 21.3. The van der Waals surface area contributed by atoms with E-state index in [1.54, 1.807) is 6.33 Å². The Balaban J connectivity index is 1.85. The molecule has 0 radical (unpaired) electrons. The van der Waals surface area contributed by atoms with Gasteiger partial charge in [-0.05, 0) is 24.8 Å². The number of hydrogen-bond donors (Lipinski definition) is 1. The Morgan fingerprint density at radius 2 is 2.15 bits per heavy atom. The predicted molar refractivity (Wildman–Crippen MR) is 108 cm³/mol. The van der Waals surface area contributed by atoms with Crippen LogP contribution in [0.15, 0.2) is 23.6 Å². The molecule has 7 heteroatoms. The molecule has 1 N–H and O–H groups in total. The van der Waals surface area contributed by atoms with Gasteiger partial charge in [0.1, 0.15) is 17.8 Å². The highest BCUT2D eigenvalue weighted by Gasteiger charge is 2.32. The van der Waals surface area contributed by atoms with Gasteiger partial charge in [0.15, 0.2) is 5.96 Å². The fraction of sp³-hybridized carbons (Fsp3) is 0.632. The summed E-state index contributed by atoms with van der Waals surface area (Å²) in [5.41, 5.74) is 0.889. The summed E-state index contributed by atoms with van der Waals surface area (Å²) < 4.78 is 0. The number of rotatable bonds is 4. The van der Waals surface area contributed by atoms with E-state index in [4.69, 9.17) is 4.99 Å². The van der Waals surface area contributed by atoms with Crippen LogP contribution in [-0.4, -0.2) is 77.5 Å². The number of guanidine groups is 1. The van der Waals surface area contributed by atoms with Crippen LogP contribution in [-0.2, 0) is 0 Å². The fourth-order valence-electron chi connectivity index (χ4n) is 3.77. The summed E-state index contributed by atoms with van der Waals surface area (Å²) in [6.07, 6.45) is 5.78. The minimum Gasteiger partial charge on any atom is -0.354 e. The molecule has 2 aromatic heterocycles. The Morgan fingerprint density at radius 3 is 2.88 bits per heavy atom. The van der Waals surface area contributed by atoms with Crippen molar-refractivity contribution in [1.82, 2.24) is 24.8 Å². The number of aliphatic imine (C=N–C) groups is 1. The minimum atomic E-state index is 0.378. The van der Waals surface area contributed by atoms with Gasteiger partial charge in [0.2, 0.25) is 0 Å². The summed E-state index contributed by atoms with van der Waals surface area (Å²) >= 11 is 0. The Bertz CT molecular complexity index is 751. The highest BCUT2D eigenvalue weighted by atomic mass is 15.4. The van der Waals surface area contributed by atoms with Gasteiger partial charge >= 0.3 is 0 Å². The van der Waals surface area contributed by atoms with Gasteiger partial charge < -0.3 is 19.7 Å². The van der Waals surface area contributed by atoms with E-state index in [9.17, 15) is 0 Å². The topological polar surface area (TPSA) is 63.6 Å². The van der Waals surface area contributed by atoms with Crippen LogP contribution in [0.4, 0.5) is 5.82 Å². The average Bonchev–Trinajstić information content (AvgIpc) is 3.11. The molecule has 0 aliphatic carbocycles. The highest BCUT2D eigenvalue weighted by Crippen LogP contribution is 2.28. The van der Waals surface area contributed by atoms with Crippen LogP contribution in [0, 0.1) is 5.92 Å². The van der Waals surface area contributed by atoms with Crippen molar-refractivity contribution in [3.8, 4) is 0 Å². The van der Waals surface area contributed by atoms with Crippen LogP contribution in [0.25, 0.3) is 11.0 Å². The highest BCUT2D eigenvalue weighted by molar-refractivity contribution is 5.87. The maximum Gasteiger partial charge on any atom is 0.196 e. The zero-order valence-electron chi connectivity index (χ0n) is 16.6. The van der Waals surface area contributed by atoms with Crippen LogP contribution in [0.2, 0.25) is 0 Å². The first-order chi connectivity index (χ1) is 12.5. The molecule has 142 valence electrons. The quantitative estimate of drug-likeness (QED) is 0.673. The first-order valence-electron chi connectivity index (χ1n) is 9.50. The third-order valence-corrected chi connectivity index (χ3v) is 5.24. The number of anilines is 1. The third-order valence-electron chi connectivity index (χ3n) is 5.24. The van der Waals surface area contributed by atoms with Crippen molar-refractivity contribution in [3.63, 3.8) is 0 Å². The van der Waals surface area contributed by atoms with Crippen molar-refractivity contribution in [1.29, 1.82) is 0 Å². The molecule has 1 aliphatic rings. The second kappa shape index (κ2) is 7.93. The van der Waals surface area contributed by atoms with Crippen molar-refractivity contribution < 1.29 is 0 Å². The number of hydrogen-bond acceptors (Lipinski definition) is 4. The van der Waals surface area contributed by atoms with Crippen LogP contribution < -0.4 is 4.90 Å². The Kier molecular flexibility index (Phi) is 5.64. The summed E-state index contributed by atoms with van der Waals surface area (Å²) in [4.78, 5) is 23.8. The zero-order chi connectivity index (χ0) is 18.7. The molecule has 1 fully saturated rings. The molecule has 0 aromatic carbocycles. The molecule has 1 saturated heterocycles. The van der Waals surface area contributed by atoms with Gasteiger partial charge in [-0.1, -0.05) is 13.8 Å². The number of fused-ring (bicyclic) bond motifs is 1. The molecule has 3 rings (SSSR count). The molecule has 2 aromatic rings. The summed E-state index contributed by atoms with van der Waals surface area (Å²) in [5, 5.41) is 1.08. The molecule has 26 heavy (non-hydrogen) atoms. The molecular formula is C19H31N7. The number of aromatic nitrogens is 3. The molecule has 0 amide bonds. The number of likely N-dealkylation sites (tertiary alicyclic amines) is 1. The van der Waals surface area contributed by atoms with Crippen LogP contribution >= 0.6 is 0 Å². The maximum atomic E-state index is 4.82. The van der Waals surface area contributed by atoms with Crippen molar-refractivity contribution >= 4 is 22.8 Å². The number of H-pyrrole nitrogens is 1. The summed E-state index contributed by atoms with van der Waals surface area (Å²) in [6, 6.07) is 2.43. The molecule has 7 nitrogen and oxygen atoms in total. The SMILES string of the molecule is CCCN=C(N(C)C)N1CCC(C)C(N(C)c2ncnc3[nH]ccc23)C1. The van der Waals surface area contributed by atoms with E-state index < -0.39 is 0 Å². The fourth-order valence-corrected chi connectivity index (χ4v) is 3.77. The van der Waals surface area contributed by atoms with E-state index in [0.29, 0.717) is 12.0 Å². The van der Waals surface area contributed by atoms with Crippen molar-refractivity contribution in [2.75, 3.05) is 45.7 Å². The number of nitrogens with zero attached hydrogens (tertiary/aromatic N) is 6.